The molecule has 0 aromatic rings. The van der Waals surface area contributed by atoms with Gasteiger partial charge >= 0.3 is 0 Å². The second-order valence-electron chi connectivity index (χ2n) is 3.34. The molecule has 0 spiro atoms. The Morgan fingerprint density at radius 1 is 1.50 bits per heavy atom. The maximum atomic E-state index is 5.42. The van der Waals surface area contributed by atoms with Crippen LogP contribution in [0, 0.1) is 0 Å². The first-order valence-corrected chi connectivity index (χ1v) is 3.95. The number of hydrogen-bond acceptors (Lipinski definition) is 3. The SMILES string of the molecule is CC1(NN)CCCCNC1. The molecule has 10 heavy (non-hydrogen) atoms. The Bertz CT molecular complexity index is 95.0. The van der Waals surface area contributed by atoms with Crippen molar-refractivity contribution in [3.8, 4) is 0 Å². The summed E-state index contributed by atoms with van der Waals surface area (Å²) in [5.41, 5.74) is 2.98. The molecule has 0 aromatic carbocycles. The first kappa shape index (κ1) is 7.98. The fraction of sp³-hybridized carbons (Fsp3) is 1.00. The van der Waals surface area contributed by atoms with Gasteiger partial charge in [-0.05, 0) is 26.3 Å². The topological polar surface area (TPSA) is 50.1 Å². The van der Waals surface area contributed by atoms with Crippen molar-refractivity contribution in [2.45, 2.75) is 31.7 Å². The molecule has 1 atom stereocenters. The lowest BCUT2D eigenvalue weighted by Crippen LogP contribution is -2.52. The van der Waals surface area contributed by atoms with E-state index in [9.17, 15) is 0 Å². The molecule has 1 aliphatic rings. The van der Waals surface area contributed by atoms with Gasteiger partial charge in [-0.25, -0.2) is 0 Å². The quantitative estimate of drug-likeness (QED) is 0.357. The number of nitrogens with two attached hydrogens (primary N) is 1. The molecule has 1 heterocycles. The monoisotopic (exact) mass is 143 g/mol. The van der Waals surface area contributed by atoms with Gasteiger partial charge in [0, 0.05) is 12.1 Å². The molecule has 1 fully saturated rings. The molecule has 0 saturated carbocycles. The molecule has 4 N–H and O–H groups in total. The molecule has 1 saturated heterocycles. The summed E-state index contributed by atoms with van der Waals surface area (Å²) in [4.78, 5) is 0. The number of hydrogen-bond donors (Lipinski definition) is 3. The summed E-state index contributed by atoms with van der Waals surface area (Å²) in [5, 5.41) is 3.35. The van der Waals surface area contributed by atoms with E-state index < -0.39 is 0 Å². The van der Waals surface area contributed by atoms with Gasteiger partial charge in [-0.15, -0.1) is 0 Å². The largest absolute Gasteiger partial charge is 0.315 e. The van der Waals surface area contributed by atoms with Crippen LogP contribution < -0.4 is 16.6 Å². The summed E-state index contributed by atoms with van der Waals surface area (Å²) in [7, 11) is 0. The molecule has 60 valence electrons. The van der Waals surface area contributed by atoms with Crippen LogP contribution >= 0.6 is 0 Å². The molecule has 0 aromatic heterocycles. The zero-order chi connectivity index (χ0) is 7.45. The lowest BCUT2D eigenvalue weighted by atomic mass is 9.97. The first-order chi connectivity index (χ1) is 4.77. The van der Waals surface area contributed by atoms with Crippen molar-refractivity contribution >= 4 is 0 Å². The van der Waals surface area contributed by atoms with E-state index in [4.69, 9.17) is 5.84 Å². The molecule has 3 nitrogen and oxygen atoms in total. The van der Waals surface area contributed by atoms with Crippen molar-refractivity contribution in [1.29, 1.82) is 0 Å². The van der Waals surface area contributed by atoms with E-state index >= 15 is 0 Å². The Labute approximate surface area is 62.3 Å². The van der Waals surface area contributed by atoms with Crippen molar-refractivity contribution in [2.24, 2.45) is 5.84 Å². The third-order valence-electron chi connectivity index (χ3n) is 2.20. The molecular weight excluding hydrogens is 126 g/mol. The van der Waals surface area contributed by atoms with Crippen LogP contribution in [0.25, 0.3) is 0 Å². The Kier molecular flexibility index (Phi) is 2.65. The number of rotatable bonds is 1. The van der Waals surface area contributed by atoms with Gasteiger partial charge < -0.3 is 5.32 Å². The fourth-order valence-corrected chi connectivity index (χ4v) is 1.34. The van der Waals surface area contributed by atoms with Crippen molar-refractivity contribution in [3.05, 3.63) is 0 Å². The van der Waals surface area contributed by atoms with Crippen LogP contribution in [0.1, 0.15) is 26.2 Å². The highest BCUT2D eigenvalue weighted by Crippen LogP contribution is 2.13. The summed E-state index contributed by atoms with van der Waals surface area (Å²) in [6.45, 7) is 4.28. The van der Waals surface area contributed by atoms with E-state index in [1.54, 1.807) is 0 Å². The van der Waals surface area contributed by atoms with Crippen molar-refractivity contribution in [3.63, 3.8) is 0 Å². The maximum absolute atomic E-state index is 5.42. The van der Waals surface area contributed by atoms with E-state index in [0.717, 1.165) is 13.1 Å². The van der Waals surface area contributed by atoms with Gasteiger partial charge in [0.05, 0.1) is 0 Å². The standard InChI is InChI=1S/C7H17N3/c1-7(10-8)4-2-3-5-9-6-7/h9-10H,2-6,8H2,1H3. The van der Waals surface area contributed by atoms with Gasteiger partial charge in [0.15, 0.2) is 0 Å². The molecule has 0 aliphatic carbocycles. The highest BCUT2D eigenvalue weighted by Gasteiger charge is 2.22. The highest BCUT2D eigenvalue weighted by molar-refractivity contribution is 4.85. The fourth-order valence-electron chi connectivity index (χ4n) is 1.34. The smallest absolute Gasteiger partial charge is 0.0417 e. The third kappa shape index (κ3) is 1.94. The predicted octanol–water partition coefficient (Wildman–Crippen LogP) is -0.0181. The second kappa shape index (κ2) is 3.32. The van der Waals surface area contributed by atoms with E-state index in [1.165, 1.54) is 19.3 Å². The Morgan fingerprint density at radius 3 is 3.00 bits per heavy atom. The number of nitrogens with one attached hydrogen (secondary N) is 2. The zero-order valence-electron chi connectivity index (χ0n) is 6.61. The van der Waals surface area contributed by atoms with Crippen molar-refractivity contribution in [2.75, 3.05) is 13.1 Å². The van der Waals surface area contributed by atoms with Gasteiger partial charge in [-0.1, -0.05) is 6.42 Å². The van der Waals surface area contributed by atoms with E-state index in [2.05, 4.69) is 17.7 Å². The van der Waals surface area contributed by atoms with Gasteiger partial charge in [0.2, 0.25) is 0 Å². The highest BCUT2D eigenvalue weighted by atomic mass is 15.3. The molecule has 1 aliphatic heterocycles. The molecule has 0 bridgehead atoms. The van der Waals surface area contributed by atoms with Crippen LogP contribution in [0.4, 0.5) is 0 Å². The predicted molar refractivity (Wildman–Crippen MR) is 42.4 cm³/mol. The summed E-state index contributed by atoms with van der Waals surface area (Å²) in [5.74, 6) is 5.42. The van der Waals surface area contributed by atoms with Crippen LogP contribution in [0.2, 0.25) is 0 Å². The maximum Gasteiger partial charge on any atom is 0.0417 e. The molecule has 0 radical (unpaired) electrons. The van der Waals surface area contributed by atoms with Gasteiger partial charge in [-0.3, -0.25) is 11.3 Å². The Hall–Kier alpha value is -0.120. The average molecular weight is 143 g/mol. The first-order valence-electron chi connectivity index (χ1n) is 3.95. The van der Waals surface area contributed by atoms with Crippen molar-refractivity contribution < 1.29 is 0 Å². The second-order valence-corrected chi connectivity index (χ2v) is 3.34. The molecular formula is C7H17N3. The average Bonchev–Trinajstić information content (AvgIpc) is 2.15. The van der Waals surface area contributed by atoms with Gasteiger partial charge in [0.1, 0.15) is 0 Å². The molecule has 0 amide bonds. The Balaban J connectivity index is 2.41. The lowest BCUT2D eigenvalue weighted by molar-refractivity contribution is 0.335. The minimum atomic E-state index is 0.122. The van der Waals surface area contributed by atoms with Gasteiger partial charge in [-0.2, -0.15) is 0 Å². The van der Waals surface area contributed by atoms with Crippen LogP contribution in [-0.2, 0) is 0 Å². The van der Waals surface area contributed by atoms with Crippen molar-refractivity contribution in [1.82, 2.24) is 10.7 Å². The zero-order valence-corrected chi connectivity index (χ0v) is 6.61. The van der Waals surface area contributed by atoms with Crippen LogP contribution in [-0.4, -0.2) is 18.6 Å². The summed E-state index contributed by atoms with van der Waals surface area (Å²) in [6.07, 6.45) is 3.72. The summed E-state index contributed by atoms with van der Waals surface area (Å²) >= 11 is 0. The summed E-state index contributed by atoms with van der Waals surface area (Å²) < 4.78 is 0. The lowest BCUT2D eigenvalue weighted by Gasteiger charge is -2.26. The number of hydrazine groups is 1. The molecule has 3 heteroatoms. The van der Waals surface area contributed by atoms with E-state index in [-0.39, 0.29) is 5.54 Å². The molecule has 1 unspecified atom stereocenters. The Morgan fingerprint density at radius 2 is 2.30 bits per heavy atom. The minimum absolute atomic E-state index is 0.122. The normalized spacial score (nSPS) is 35.4. The molecule has 1 rings (SSSR count). The van der Waals surface area contributed by atoms with E-state index in [1.807, 2.05) is 0 Å². The van der Waals surface area contributed by atoms with E-state index in [0.29, 0.717) is 0 Å². The summed E-state index contributed by atoms with van der Waals surface area (Å²) in [6, 6.07) is 0. The van der Waals surface area contributed by atoms with Crippen LogP contribution in [0.5, 0.6) is 0 Å². The van der Waals surface area contributed by atoms with Crippen LogP contribution in [0.3, 0.4) is 0 Å². The van der Waals surface area contributed by atoms with Gasteiger partial charge in [0.25, 0.3) is 0 Å². The minimum Gasteiger partial charge on any atom is -0.315 e. The van der Waals surface area contributed by atoms with Crippen LogP contribution in [0.15, 0.2) is 0 Å². The third-order valence-corrected chi connectivity index (χ3v) is 2.20.